The third kappa shape index (κ3) is 7.07. The first-order chi connectivity index (χ1) is 10.6. The minimum absolute atomic E-state index is 0. The average Bonchev–Trinajstić information content (AvgIpc) is 2.44. The van der Waals surface area contributed by atoms with Gasteiger partial charge in [0.15, 0.2) is 0 Å². The number of sulfonamides is 1. The Kier molecular flexibility index (Phi) is 8.59. The predicted molar refractivity (Wildman–Crippen MR) is 89.0 cm³/mol. The summed E-state index contributed by atoms with van der Waals surface area (Å²) in [6.07, 6.45) is 0.270. The minimum Gasteiger partial charge on any atom is -0.480 e. The van der Waals surface area contributed by atoms with Crippen molar-refractivity contribution in [3.8, 4) is 0 Å². The summed E-state index contributed by atoms with van der Waals surface area (Å²) in [5.74, 6) is -1.75. The topological polar surface area (TPSA) is 144 Å². The number of aryl methyl sites for hydroxylation is 1. The van der Waals surface area contributed by atoms with Crippen LogP contribution < -0.4 is 10.0 Å². The number of carbonyl (C=O) groups excluding carboxylic acids is 1. The average molecular weight is 360 g/mol. The summed E-state index contributed by atoms with van der Waals surface area (Å²) < 4.78 is 26.2. The van der Waals surface area contributed by atoms with Gasteiger partial charge in [0.1, 0.15) is 6.04 Å². The molecule has 0 bridgehead atoms. The van der Waals surface area contributed by atoms with Gasteiger partial charge in [-0.1, -0.05) is 31.5 Å². The van der Waals surface area contributed by atoms with E-state index in [9.17, 15) is 18.0 Å². The Morgan fingerprint density at radius 3 is 2.17 bits per heavy atom. The number of benzene rings is 1. The fourth-order valence-corrected chi connectivity index (χ4v) is 2.88. The SMILES string of the molecule is Cc1ccc(S(=O)(=O)NCC(=O)N[C@@H](CC(C)C)C(=O)O)cc1.O. The van der Waals surface area contributed by atoms with E-state index in [1.165, 1.54) is 12.1 Å². The normalized spacial score (nSPS) is 12.3. The van der Waals surface area contributed by atoms with E-state index < -0.39 is 34.5 Å². The van der Waals surface area contributed by atoms with Crippen LogP contribution in [0.3, 0.4) is 0 Å². The molecule has 0 aliphatic rings. The first-order valence-corrected chi connectivity index (χ1v) is 8.68. The van der Waals surface area contributed by atoms with Crippen LogP contribution in [-0.4, -0.2) is 43.5 Å². The number of amides is 1. The van der Waals surface area contributed by atoms with Crippen LogP contribution in [0.2, 0.25) is 0 Å². The summed E-state index contributed by atoms with van der Waals surface area (Å²) >= 11 is 0. The zero-order valence-corrected chi connectivity index (χ0v) is 14.7. The lowest BCUT2D eigenvalue weighted by Crippen LogP contribution is -2.46. The molecule has 1 atom stereocenters. The van der Waals surface area contributed by atoms with Crippen molar-refractivity contribution in [1.29, 1.82) is 0 Å². The summed E-state index contributed by atoms with van der Waals surface area (Å²) in [5, 5.41) is 11.4. The van der Waals surface area contributed by atoms with E-state index in [2.05, 4.69) is 10.0 Å². The maximum atomic E-state index is 12.0. The van der Waals surface area contributed by atoms with Crippen LogP contribution >= 0.6 is 0 Å². The molecule has 0 saturated carbocycles. The van der Waals surface area contributed by atoms with E-state index >= 15 is 0 Å². The maximum absolute atomic E-state index is 12.0. The molecule has 1 aromatic carbocycles. The van der Waals surface area contributed by atoms with Crippen LogP contribution in [0.4, 0.5) is 0 Å². The van der Waals surface area contributed by atoms with Crippen LogP contribution in [-0.2, 0) is 19.6 Å². The van der Waals surface area contributed by atoms with Crippen LogP contribution in [0.1, 0.15) is 25.8 Å². The van der Waals surface area contributed by atoms with E-state index in [1.54, 1.807) is 12.1 Å². The van der Waals surface area contributed by atoms with Crippen molar-refractivity contribution in [3.63, 3.8) is 0 Å². The summed E-state index contributed by atoms with van der Waals surface area (Å²) in [7, 11) is -3.81. The lowest BCUT2D eigenvalue weighted by molar-refractivity contribution is -0.142. The fourth-order valence-electron chi connectivity index (χ4n) is 1.90. The first-order valence-electron chi connectivity index (χ1n) is 7.20. The summed E-state index contributed by atoms with van der Waals surface area (Å²) in [6.45, 7) is 4.99. The highest BCUT2D eigenvalue weighted by atomic mass is 32.2. The monoisotopic (exact) mass is 360 g/mol. The van der Waals surface area contributed by atoms with Gasteiger partial charge >= 0.3 is 5.97 Å². The molecular weight excluding hydrogens is 336 g/mol. The Balaban J connectivity index is 0.00000529. The van der Waals surface area contributed by atoms with Crippen molar-refractivity contribution in [3.05, 3.63) is 29.8 Å². The first kappa shape index (κ1) is 22.0. The predicted octanol–water partition coefficient (Wildman–Crippen LogP) is 0.0641. The lowest BCUT2D eigenvalue weighted by Gasteiger charge is -2.16. The Hall–Kier alpha value is -1.97. The minimum atomic E-state index is -3.81. The molecule has 24 heavy (non-hydrogen) atoms. The molecule has 0 radical (unpaired) electrons. The second-order valence-electron chi connectivity index (χ2n) is 5.73. The number of carboxylic acid groups (broad SMARTS) is 1. The molecule has 136 valence electrons. The number of carbonyl (C=O) groups is 2. The van der Waals surface area contributed by atoms with Crippen molar-refractivity contribution in [2.24, 2.45) is 5.92 Å². The van der Waals surface area contributed by atoms with E-state index in [0.29, 0.717) is 0 Å². The number of carboxylic acids is 1. The molecule has 0 heterocycles. The van der Waals surface area contributed by atoms with Gasteiger partial charge in [0.25, 0.3) is 0 Å². The molecule has 0 aliphatic heterocycles. The third-order valence-electron chi connectivity index (χ3n) is 3.09. The zero-order valence-electron chi connectivity index (χ0n) is 13.9. The number of aliphatic carboxylic acids is 1. The van der Waals surface area contributed by atoms with Gasteiger partial charge < -0.3 is 15.9 Å². The highest BCUT2D eigenvalue weighted by molar-refractivity contribution is 7.89. The summed E-state index contributed by atoms with van der Waals surface area (Å²) in [5.41, 5.74) is 0.916. The fraction of sp³-hybridized carbons (Fsp3) is 0.467. The highest BCUT2D eigenvalue weighted by Gasteiger charge is 2.22. The second kappa shape index (κ2) is 9.36. The molecule has 0 aliphatic carbocycles. The standard InChI is InChI=1S/C15H22N2O5S.H2O/c1-10(2)8-13(15(19)20)17-14(18)9-16-23(21,22)12-6-4-11(3)5-7-12;/h4-7,10,13,16H,8-9H2,1-3H3,(H,17,18)(H,19,20);1H2/t13-;/m0./s1. The quantitative estimate of drug-likeness (QED) is 0.600. The molecule has 9 heteroatoms. The van der Waals surface area contributed by atoms with Crippen molar-refractivity contribution in [2.75, 3.05) is 6.54 Å². The molecule has 0 aromatic heterocycles. The lowest BCUT2D eigenvalue weighted by atomic mass is 10.0. The summed E-state index contributed by atoms with van der Waals surface area (Å²) in [4.78, 5) is 22.9. The van der Waals surface area contributed by atoms with Gasteiger partial charge in [-0.05, 0) is 31.4 Å². The Morgan fingerprint density at radius 2 is 1.71 bits per heavy atom. The van der Waals surface area contributed by atoms with Gasteiger partial charge in [-0.25, -0.2) is 17.9 Å². The molecular formula is C15H24N2O6S. The number of hydrogen-bond donors (Lipinski definition) is 3. The summed E-state index contributed by atoms with van der Waals surface area (Å²) in [6, 6.07) is 5.14. The smallest absolute Gasteiger partial charge is 0.326 e. The van der Waals surface area contributed by atoms with Crippen molar-refractivity contribution in [2.45, 2.75) is 38.1 Å². The second-order valence-corrected chi connectivity index (χ2v) is 7.49. The molecule has 0 spiro atoms. The number of hydrogen-bond acceptors (Lipinski definition) is 4. The largest absolute Gasteiger partial charge is 0.480 e. The van der Waals surface area contributed by atoms with Crippen molar-refractivity contribution in [1.82, 2.24) is 10.0 Å². The van der Waals surface area contributed by atoms with Gasteiger partial charge in [-0.15, -0.1) is 0 Å². The third-order valence-corrected chi connectivity index (χ3v) is 4.51. The molecule has 1 aromatic rings. The van der Waals surface area contributed by atoms with E-state index in [0.717, 1.165) is 5.56 Å². The van der Waals surface area contributed by atoms with Crippen LogP contribution in [0.5, 0.6) is 0 Å². The van der Waals surface area contributed by atoms with Crippen LogP contribution in [0.25, 0.3) is 0 Å². The van der Waals surface area contributed by atoms with E-state index in [-0.39, 0.29) is 22.7 Å². The molecule has 1 rings (SSSR count). The number of nitrogens with one attached hydrogen (secondary N) is 2. The molecule has 0 unspecified atom stereocenters. The van der Waals surface area contributed by atoms with Gasteiger partial charge in [0.05, 0.1) is 11.4 Å². The highest BCUT2D eigenvalue weighted by Crippen LogP contribution is 2.09. The Bertz CT molecular complexity index is 655. The Morgan fingerprint density at radius 1 is 1.17 bits per heavy atom. The van der Waals surface area contributed by atoms with Gasteiger partial charge in [-0.2, -0.15) is 0 Å². The maximum Gasteiger partial charge on any atom is 0.326 e. The van der Waals surface area contributed by atoms with Gasteiger partial charge in [0, 0.05) is 0 Å². The van der Waals surface area contributed by atoms with Crippen LogP contribution in [0, 0.1) is 12.8 Å². The van der Waals surface area contributed by atoms with Crippen LogP contribution in [0.15, 0.2) is 29.2 Å². The Labute approximate surface area is 141 Å². The molecule has 5 N–H and O–H groups in total. The van der Waals surface area contributed by atoms with Gasteiger partial charge in [0.2, 0.25) is 15.9 Å². The number of rotatable bonds is 8. The molecule has 8 nitrogen and oxygen atoms in total. The van der Waals surface area contributed by atoms with Gasteiger partial charge in [-0.3, -0.25) is 4.79 Å². The van der Waals surface area contributed by atoms with Crippen molar-refractivity contribution >= 4 is 21.9 Å². The zero-order chi connectivity index (χ0) is 17.6. The van der Waals surface area contributed by atoms with Crippen molar-refractivity contribution < 1.29 is 28.6 Å². The van der Waals surface area contributed by atoms with E-state index in [1.807, 2.05) is 20.8 Å². The molecule has 0 fully saturated rings. The van der Waals surface area contributed by atoms with E-state index in [4.69, 9.17) is 5.11 Å². The molecule has 0 saturated heterocycles. The molecule has 1 amide bonds.